The molecule has 0 saturated carbocycles. The number of allylic oxidation sites excluding steroid dienone is 7. The molecule has 0 heterocycles. The largest absolute Gasteiger partial charge is 0.103 e. The summed E-state index contributed by atoms with van der Waals surface area (Å²) in [6.07, 6.45) is 16.5. The molecule has 0 aliphatic carbocycles. The lowest BCUT2D eigenvalue weighted by Crippen LogP contribution is -2.13. The van der Waals surface area contributed by atoms with Crippen LogP contribution in [0.15, 0.2) is 72.9 Å². The van der Waals surface area contributed by atoms with E-state index in [1.165, 1.54) is 16.7 Å². The molecule has 1 unspecified atom stereocenters. The van der Waals surface area contributed by atoms with Crippen LogP contribution in [-0.4, -0.2) is 0 Å². The van der Waals surface area contributed by atoms with Gasteiger partial charge in [0.2, 0.25) is 0 Å². The molecular weight excluding hydrogens is 288 g/mol. The maximum Gasteiger partial charge on any atom is 0.00784 e. The van der Waals surface area contributed by atoms with Gasteiger partial charge in [-0.25, -0.2) is 0 Å². The summed E-state index contributed by atoms with van der Waals surface area (Å²) >= 11 is 0. The summed E-state index contributed by atoms with van der Waals surface area (Å²) in [5.74, 6) is 0.633. The molecule has 0 saturated heterocycles. The predicted molar refractivity (Wildman–Crippen MR) is 109 cm³/mol. The quantitative estimate of drug-likeness (QED) is 0.330. The van der Waals surface area contributed by atoms with E-state index in [-0.39, 0.29) is 5.41 Å². The van der Waals surface area contributed by atoms with Gasteiger partial charge in [-0.2, -0.15) is 0 Å². The number of hydrogen-bond donors (Lipinski definition) is 0. The van der Waals surface area contributed by atoms with Crippen molar-refractivity contribution in [3.63, 3.8) is 0 Å². The Morgan fingerprint density at radius 2 is 1.88 bits per heavy atom. The summed E-state index contributed by atoms with van der Waals surface area (Å²) in [4.78, 5) is 0. The van der Waals surface area contributed by atoms with E-state index in [1.807, 2.05) is 6.08 Å². The fourth-order valence-electron chi connectivity index (χ4n) is 2.72. The van der Waals surface area contributed by atoms with E-state index in [0.29, 0.717) is 5.92 Å². The smallest absolute Gasteiger partial charge is 0.00784 e. The molecule has 0 fully saturated rings. The Morgan fingerprint density at radius 3 is 2.46 bits per heavy atom. The summed E-state index contributed by atoms with van der Waals surface area (Å²) < 4.78 is 0. The van der Waals surface area contributed by atoms with Crippen molar-refractivity contribution in [3.8, 4) is 0 Å². The Morgan fingerprint density at radius 1 is 1.21 bits per heavy atom. The van der Waals surface area contributed by atoms with Gasteiger partial charge in [0.15, 0.2) is 0 Å². The highest BCUT2D eigenvalue weighted by Gasteiger charge is 2.15. The Bertz CT molecular complexity index is 579. The maximum atomic E-state index is 3.85. The molecule has 0 aliphatic rings. The summed E-state index contributed by atoms with van der Waals surface area (Å²) in [5, 5.41) is 0. The third-order valence-electron chi connectivity index (χ3n) is 4.34. The minimum absolute atomic E-state index is 0.0382. The first-order valence-corrected chi connectivity index (χ1v) is 9.12. The van der Waals surface area contributed by atoms with Crippen molar-refractivity contribution >= 4 is 0 Å². The fraction of sp³-hybridized carbons (Fsp3) is 0.417. The van der Waals surface area contributed by atoms with Gasteiger partial charge in [-0.05, 0) is 43.2 Å². The molecule has 0 N–H and O–H groups in total. The molecule has 0 radical (unpaired) electrons. The van der Waals surface area contributed by atoms with Crippen LogP contribution < -0.4 is 0 Å². The van der Waals surface area contributed by atoms with Gasteiger partial charge in [0.1, 0.15) is 0 Å². The summed E-state index contributed by atoms with van der Waals surface area (Å²) in [6.45, 7) is 15.0. The lowest BCUT2D eigenvalue weighted by Gasteiger charge is -2.21. The molecule has 0 nitrogen and oxygen atoms in total. The van der Waals surface area contributed by atoms with Gasteiger partial charge in [0.25, 0.3) is 0 Å². The van der Waals surface area contributed by atoms with Crippen LogP contribution in [0.2, 0.25) is 0 Å². The molecule has 0 spiro atoms. The third kappa shape index (κ3) is 7.17. The lowest BCUT2D eigenvalue weighted by molar-refractivity contribution is 0.592. The zero-order valence-corrected chi connectivity index (χ0v) is 16.2. The zero-order valence-electron chi connectivity index (χ0n) is 16.2. The minimum Gasteiger partial charge on any atom is -0.103 e. The molecule has 1 rings (SSSR count). The van der Waals surface area contributed by atoms with Crippen molar-refractivity contribution in [2.24, 2.45) is 5.92 Å². The summed E-state index contributed by atoms with van der Waals surface area (Å²) in [5.41, 5.74) is 4.09. The van der Waals surface area contributed by atoms with E-state index in [0.717, 1.165) is 19.3 Å². The summed E-state index contributed by atoms with van der Waals surface area (Å²) in [7, 11) is 0. The van der Waals surface area contributed by atoms with Crippen LogP contribution in [0.25, 0.3) is 0 Å². The van der Waals surface area contributed by atoms with Crippen LogP contribution in [0.4, 0.5) is 0 Å². The van der Waals surface area contributed by atoms with E-state index >= 15 is 0 Å². The highest BCUT2D eigenvalue weighted by Crippen LogP contribution is 2.25. The first-order valence-electron chi connectivity index (χ1n) is 9.12. The number of rotatable bonds is 9. The van der Waals surface area contributed by atoms with Gasteiger partial charge < -0.3 is 0 Å². The topological polar surface area (TPSA) is 0 Å². The number of hydrogen-bond acceptors (Lipinski definition) is 0. The van der Waals surface area contributed by atoms with Crippen molar-refractivity contribution in [2.75, 3.05) is 0 Å². The Balaban J connectivity index is 2.88. The van der Waals surface area contributed by atoms with Gasteiger partial charge >= 0.3 is 0 Å². The van der Waals surface area contributed by atoms with Gasteiger partial charge in [0, 0.05) is 5.41 Å². The Kier molecular flexibility index (Phi) is 8.54. The van der Waals surface area contributed by atoms with E-state index in [2.05, 4.69) is 95.8 Å². The Hall–Kier alpha value is -1.82. The first kappa shape index (κ1) is 20.2. The third-order valence-corrected chi connectivity index (χ3v) is 4.34. The van der Waals surface area contributed by atoms with Crippen molar-refractivity contribution in [1.82, 2.24) is 0 Å². The second-order valence-electron chi connectivity index (χ2n) is 7.33. The molecular formula is C24H34. The highest BCUT2D eigenvalue weighted by atomic mass is 14.2. The summed E-state index contributed by atoms with van der Waals surface area (Å²) in [6, 6.07) is 8.83. The van der Waals surface area contributed by atoms with E-state index < -0.39 is 0 Å². The van der Waals surface area contributed by atoms with Gasteiger partial charge in [-0.3, -0.25) is 0 Å². The first-order chi connectivity index (χ1) is 11.4. The lowest BCUT2D eigenvalue weighted by atomic mass is 9.84. The molecule has 0 bridgehead atoms. The van der Waals surface area contributed by atoms with Crippen molar-refractivity contribution in [1.29, 1.82) is 0 Å². The van der Waals surface area contributed by atoms with Crippen molar-refractivity contribution in [2.45, 2.75) is 59.3 Å². The van der Waals surface area contributed by atoms with Crippen LogP contribution in [-0.2, 0) is 5.41 Å². The van der Waals surface area contributed by atoms with Crippen LogP contribution >= 0.6 is 0 Å². The molecule has 0 aliphatic heterocycles. The van der Waals surface area contributed by atoms with E-state index in [1.54, 1.807) is 0 Å². The molecule has 0 heteroatoms. The second-order valence-corrected chi connectivity index (χ2v) is 7.33. The van der Waals surface area contributed by atoms with Crippen LogP contribution in [0.5, 0.6) is 0 Å². The van der Waals surface area contributed by atoms with Crippen LogP contribution in [0.3, 0.4) is 0 Å². The molecule has 24 heavy (non-hydrogen) atoms. The van der Waals surface area contributed by atoms with E-state index in [9.17, 15) is 0 Å². The van der Waals surface area contributed by atoms with Crippen molar-refractivity contribution in [3.05, 3.63) is 84.0 Å². The average molecular weight is 323 g/mol. The fourth-order valence-corrected chi connectivity index (χ4v) is 2.72. The highest BCUT2D eigenvalue weighted by molar-refractivity contribution is 5.33. The molecule has 0 aromatic heterocycles. The monoisotopic (exact) mass is 322 g/mol. The van der Waals surface area contributed by atoms with E-state index in [4.69, 9.17) is 0 Å². The molecule has 0 amide bonds. The second kappa shape index (κ2) is 10.1. The molecule has 130 valence electrons. The SMILES string of the molecule is C=CCC(C)CC(/C=C\CC)=C/C=C/C(C)(C)c1ccc(C)cc1. The van der Waals surface area contributed by atoms with Gasteiger partial charge in [0.05, 0.1) is 0 Å². The number of benzene rings is 1. The van der Waals surface area contributed by atoms with Gasteiger partial charge in [-0.1, -0.05) is 94.0 Å². The predicted octanol–water partition coefficient (Wildman–Crippen LogP) is 7.32. The minimum atomic E-state index is 0.0382. The van der Waals surface area contributed by atoms with Gasteiger partial charge in [-0.15, -0.1) is 6.58 Å². The van der Waals surface area contributed by atoms with Crippen molar-refractivity contribution < 1.29 is 0 Å². The Labute approximate surface area is 149 Å². The molecule has 1 aromatic rings. The standard InChI is InChI=1S/C24H34/c1-7-9-12-22(19-21(4)11-8-2)13-10-18-24(5,6)23-16-14-20(3)15-17-23/h8-10,12-18,21H,2,7,11,19H2,1,3-6H3/b12-9-,18-10+,22-13+. The van der Waals surface area contributed by atoms with Crippen LogP contribution in [0.1, 0.15) is 58.1 Å². The number of aryl methyl sites for hydroxylation is 1. The maximum absolute atomic E-state index is 3.85. The molecule has 1 aromatic carbocycles. The zero-order chi connectivity index (χ0) is 18.0. The average Bonchev–Trinajstić information content (AvgIpc) is 2.53. The normalized spacial score (nSPS) is 14.5. The van der Waals surface area contributed by atoms with Crippen LogP contribution in [0, 0.1) is 12.8 Å². The molecule has 1 atom stereocenters.